The Kier molecular flexibility index (Phi) is 5.09. The Bertz CT molecular complexity index is 355. The maximum absolute atomic E-state index is 5.92. The van der Waals surface area contributed by atoms with Crippen LogP contribution in [0.4, 0.5) is 5.69 Å². The van der Waals surface area contributed by atoms with Gasteiger partial charge in [0.2, 0.25) is 0 Å². The van der Waals surface area contributed by atoms with Gasteiger partial charge >= 0.3 is 0 Å². The average Bonchev–Trinajstić information content (AvgIpc) is 2.23. The van der Waals surface area contributed by atoms with E-state index in [1.165, 1.54) is 0 Å². The van der Waals surface area contributed by atoms with E-state index in [0.29, 0.717) is 0 Å². The normalized spacial score (nSPS) is 11.6. The molecule has 0 amide bonds. The summed E-state index contributed by atoms with van der Waals surface area (Å²) in [5.41, 5.74) is 0.972. The number of hydrogen-bond acceptors (Lipinski definition) is 2. The molecule has 0 aliphatic rings. The summed E-state index contributed by atoms with van der Waals surface area (Å²) in [7, 11) is 1.73. The number of halogens is 2. The SMILES string of the molecule is COC(C)(C)CCNc1ccc(Cl)c(Br)c1. The van der Waals surface area contributed by atoms with Gasteiger partial charge in [-0.15, -0.1) is 0 Å². The zero-order valence-electron chi connectivity index (χ0n) is 9.81. The first kappa shape index (κ1) is 13.8. The van der Waals surface area contributed by atoms with Crippen LogP contribution in [0.25, 0.3) is 0 Å². The van der Waals surface area contributed by atoms with E-state index in [9.17, 15) is 0 Å². The summed E-state index contributed by atoms with van der Waals surface area (Å²) >= 11 is 9.31. The number of ether oxygens (including phenoxy) is 1. The van der Waals surface area contributed by atoms with Gasteiger partial charge in [0, 0.05) is 23.8 Å². The molecule has 0 spiro atoms. The topological polar surface area (TPSA) is 21.3 Å². The molecule has 0 aliphatic carbocycles. The van der Waals surface area contributed by atoms with E-state index in [4.69, 9.17) is 16.3 Å². The third kappa shape index (κ3) is 4.32. The zero-order chi connectivity index (χ0) is 12.2. The molecule has 1 aromatic rings. The summed E-state index contributed by atoms with van der Waals surface area (Å²) in [6, 6.07) is 5.81. The minimum absolute atomic E-state index is 0.0866. The van der Waals surface area contributed by atoms with Crippen LogP contribution in [-0.2, 0) is 4.74 Å². The first-order valence-electron chi connectivity index (χ1n) is 5.19. The van der Waals surface area contributed by atoms with Crippen molar-refractivity contribution in [3.63, 3.8) is 0 Å². The largest absolute Gasteiger partial charge is 0.385 e. The van der Waals surface area contributed by atoms with Gasteiger partial charge < -0.3 is 10.1 Å². The van der Waals surface area contributed by atoms with E-state index in [0.717, 1.165) is 28.1 Å². The van der Waals surface area contributed by atoms with Crippen molar-refractivity contribution in [3.05, 3.63) is 27.7 Å². The zero-order valence-corrected chi connectivity index (χ0v) is 12.2. The van der Waals surface area contributed by atoms with Crippen LogP contribution in [0.15, 0.2) is 22.7 Å². The van der Waals surface area contributed by atoms with Crippen LogP contribution >= 0.6 is 27.5 Å². The Morgan fingerprint density at radius 2 is 2.12 bits per heavy atom. The van der Waals surface area contributed by atoms with Gasteiger partial charge in [0.15, 0.2) is 0 Å². The molecule has 0 saturated carbocycles. The van der Waals surface area contributed by atoms with E-state index >= 15 is 0 Å². The van der Waals surface area contributed by atoms with E-state index in [1.807, 2.05) is 18.2 Å². The molecule has 0 saturated heterocycles. The molecule has 90 valence electrons. The fourth-order valence-electron chi connectivity index (χ4n) is 1.22. The highest BCUT2D eigenvalue weighted by Gasteiger charge is 2.15. The summed E-state index contributed by atoms with van der Waals surface area (Å²) in [4.78, 5) is 0. The van der Waals surface area contributed by atoms with Gasteiger partial charge in [0.25, 0.3) is 0 Å². The lowest BCUT2D eigenvalue weighted by Gasteiger charge is -2.23. The predicted molar refractivity (Wildman–Crippen MR) is 73.3 cm³/mol. The van der Waals surface area contributed by atoms with Crippen LogP contribution in [-0.4, -0.2) is 19.3 Å². The van der Waals surface area contributed by atoms with Crippen LogP contribution in [0.5, 0.6) is 0 Å². The van der Waals surface area contributed by atoms with E-state index in [1.54, 1.807) is 7.11 Å². The minimum Gasteiger partial charge on any atom is -0.385 e. The molecule has 1 aromatic carbocycles. The lowest BCUT2D eigenvalue weighted by Crippen LogP contribution is -2.25. The monoisotopic (exact) mass is 305 g/mol. The Morgan fingerprint density at radius 3 is 2.69 bits per heavy atom. The van der Waals surface area contributed by atoms with Crippen molar-refractivity contribution in [3.8, 4) is 0 Å². The van der Waals surface area contributed by atoms with Crippen molar-refractivity contribution in [1.82, 2.24) is 0 Å². The van der Waals surface area contributed by atoms with Crippen molar-refractivity contribution in [2.75, 3.05) is 19.0 Å². The van der Waals surface area contributed by atoms with Crippen molar-refractivity contribution >= 4 is 33.2 Å². The molecule has 4 heteroatoms. The molecule has 0 radical (unpaired) electrons. The molecular weight excluding hydrogens is 289 g/mol. The Balaban J connectivity index is 2.46. The fraction of sp³-hybridized carbons (Fsp3) is 0.500. The number of nitrogens with one attached hydrogen (secondary N) is 1. The Morgan fingerprint density at radius 1 is 1.44 bits per heavy atom. The quantitative estimate of drug-likeness (QED) is 0.874. The average molecular weight is 307 g/mol. The highest BCUT2D eigenvalue weighted by atomic mass is 79.9. The summed E-state index contributed by atoms with van der Waals surface area (Å²) in [5, 5.41) is 4.06. The lowest BCUT2D eigenvalue weighted by molar-refractivity contribution is 0.0185. The van der Waals surface area contributed by atoms with Gasteiger partial charge in [-0.2, -0.15) is 0 Å². The molecule has 2 nitrogen and oxygen atoms in total. The van der Waals surface area contributed by atoms with E-state index in [2.05, 4.69) is 35.1 Å². The van der Waals surface area contributed by atoms with E-state index in [-0.39, 0.29) is 5.60 Å². The summed E-state index contributed by atoms with van der Waals surface area (Å²) in [5.74, 6) is 0. The third-order valence-electron chi connectivity index (χ3n) is 2.53. The van der Waals surface area contributed by atoms with Crippen LogP contribution in [0.2, 0.25) is 5.02 Å². The van der Waals surface area contributed by atoms with Crippen LogP contribution in [0.3, 0.4) is 0 Å². The smallest absolute Gasteiger partial charge is 0.0639 e. The van der Waals surface area contributed by atoms with Gasteiger partial charge in [-0.25, -0.2) is 0 Å². The van der Waals surface area contributed by atoms with Crippen LogP contribution in [0, 0.1) is 0 Å². The summed E-state index contributed by atoms with van der Waals surface area (Å²) in [6.45, 7) is 5.02. The molecule has 0 heterocycles. The Hall–Kier alpha value is -0.250. The number of rotatable bonds is 5. The third-order valence-corrected chi connectivity index (χ3v) is 3.74. The number of methoxy groups -OCH3 is 1. The number of hydrogen-bond donors (Lipinski definition) is 1. The summed E-state index contributed by atoms with van der Waals surface area (Å²) in [6.07, 6.45) is 0.948. The lowest BCUT2D eigenvalue weighted by atomic mass is 10.1. The molecule has 0 unspecified atom stereocenters. The van der Waals surface area contributed by atoms with Gasteiger partial charge in [-0.1, -0.05) is 11.6 Å². The second-order valence-corrected chi connectivity index (χ2v) is 5.53. The van der Waals surface area contributed by atoms with Crippen molar-refractivity contribution in [1.29, 1.82) is 0 Å². The second-order valence-electron chi connectivity index (χ2n) is 4.27. The van der Waals surface area contributed by atoms with Gasteiger partial charge in [-0.3, -0.25) is 0 Å². The molecule has 1 N–H and O–H groups in total. The van der Waals surface area contributed by atoms with Crippen molar-refractivity contribution in [2.45, 2.75) is 25.9 Å². The first-order chi connectivity index (χ1) is 7.44. The van der Waals surface area contributed by atoms with Gasteiger partial charge in [0.1, 0.15) is 0 Å². The number of benzene rings is 1. The van der Waals surface area contributed by atoms with E-state index < -0.39 is 0 Å². The molecule has 0 atom stereocenters. The molecule has 0 aliphatic heterocycles. The predicted octanol–water partition coefficient (Wildman–Crippen LogP) is 4.33. The van der Waals surface area contributed by atoms with Crippen molar-refractivity contribution < 1.29 is 4.74 Å². The number of anilines is 1. The molecular formula is C12H17BrClNO. The molecule has 0 bridgehead atoms. The molecule has 0 aromatic heterocycles. The second kappa shape index (κ2) is 5.89. The maximum Gasteiger partial charge on any atom is 0.0639 e. The summed E-state index contributed by atoms with van der Waals surface area (Å²) < 4.78 is 6.26. The van der Waals surface area contributed by atoms with Crippen molar-refractivity contribution in [2.24, 2.45) is 0 Å². The minimum atomic E-state index is -0.0866. The highest BCUT2D eigenvalue weighted by Crippen LogP contribution is 2.25. The highest BCUT2D eigenvalue weighted by molar-refractivity contribution is 9.10. The fourth-order valence-corrected chi connectivity index (χ4v) is 1.71. The van der Waals surface area contributed by atoms with Crippen LogP contribution in [0.1, 0.15) is 20.3 Å². The Labute approximate surface area is 110 Å². The molecule has 1 rings (SSSR count). The van der Waals surface area contributed by atoms with Gasteiger partial charge in [0.05, 0.1) is 10.6 Å². The van der Waals surface area contributed by atoms with Crippen LogP contribution < -0.4 is 5.32 Å². The standard InChI is InChI=1S/C12H17BrClNO/c1-12(2,16-3)6-7-15-9-4-5-11(14)10(13)8-9/h4-5,8,15H,6-7H2,1-3H3. The first-order valence-corrected chi connectivity index (χ1v) is 6.36. The molecule has 0 fully saturated rings. The van der Waals surface area contributed by atoms with Gasteiger partial charge in [-0.05, 0) is 54.4 Å². The maximum atomic E-state index is 5.92. The molecule has 16 heavy (non-hydrogen) atoms.